The van der Waals surface area contributed by atoms with Crippen LogP contribution in [0.5, 0.6) is 5.75 Å². The van der Waals surface area contributed by atoms with Crippen molar-refractivity contribution in [3.63, 3.8) is 0 Å². The third kappa shape index (κ3) is 5.63. The number of anilines is 1. The molecule has 0 aliphatic carbocycles. The second-order valence-electron chi connectivity index (χ2n) is 7.68. The molecule has 0 radical (unpaired) electrons. The third-order valence-corrected chi connectivity index (χ3v) is 6.37. The Kier molecular flexibility index (Phi) is 7.19. The van der Waals surface area contributed by atoms with Gasteiger partial charge < -0.3 is 25.2 Å². The molecule has 0 spiro atoms. The van der Waals surface area contributed by atoms with E-state index in [1.165, 1.54) is 5.56 Å². The van der Waals surface area contributed by atoms with Gasteiger partial charge in [0.25, 0.3) is 0 Å². The molecule has 2 unspecified atom stereocenters. The Balaban J connectivity index is 1.83. The summed E-state index contributed by atoms with van der Waals surface area (Å²) in [6.45, 7) is 3.07. The van der Waals surface area contributed by atoms with Crippen LogP contribution in [0.25, 0.3) is 0 Å². The van der Waals surface area contributed by atoms with Crippen LogP contribution in [-0.4, -0.2) is 34.5 Å². The average Bonchev–Trinajstić information content (AvgIpc) is 2.97. The van der Waals surface area contributed by atoms with Gasteiger partial charge in [0.15, 0.2) is 0 Å². The lowest BCUT2D eigenvalue weighted by molar-refractivity contribution is -0.118. The maximum absolute atomic E-state index is 11.8. The summed E-state index contributed by atoms with van der Waals surface area (Å²) in [7, 11) is -4.02. The zero-order valence-corrected chi connectivity index (χ0v) is 18.0. The fourth-order valence-corrected chi connectivity index (χ4v) is 4.74. The van der Waals surface area contributed by atoms with Gasteiger partial charge in [0.2, 0.25) is 5.91 Å². The Labute approximate surface area is 177 Å². The molecular formula is C22H29N2O5P. The zero-order chi connectivity index (χ0) is 21.7. The van der Waals surface area contributed by atoms with Gasteiger partial charge in [0.05, 0.1) is 12.8 Å². The Morgan fingerprint density at radius 1 is 1.20 bits per heavy atom. The van der Waals surface area contributed by atoms with Gasteiger partial charge in [-0.05, 0) is 42.2 Å². The van der Waals surface area contributed by atoms with Crippen molar-refractivity contribution in [1.82, 2.24) is 0 Å². The molecule has 1 aliphatic heterocycles. The summed E-state index contributed by atoms with van der Waals surface area (Å²) in [6.07, 6.45) is 1.20. The molecule has 0 saturated carbocycles. The second kappa shape index (κ2) is 9.65. The summed E-state index contributed by atoms with van der Waals surface area (Å²) in [6, 6.07) is 16.2. The van der Waals surface area contributed by atoms with Gasteiger partial charge in [-0.3, -0.25) is 9.36 Å². The largest absolute Gasteiger partial charge is 0.494 e. The lowest BCUT2D eigenvalue weighted by Crippen LogP contribution is -2.34. The number of primary amides is 1. The maximum atomic E-state index is 11.8. The first-order chi connectivity index (χ1) is 14.3. The molecule has 7 nitrogen and oxygen atoms in total. The number of rotatable bonds is 10. The van der Waals surface area contributed by atoms with E-state index >= 15 is 0 Å². The molecule has 2 atom stereocenters. The van der Waals surface area contributed by atoms with Gasteiger partial charge in [-0.25, -0.2) is 0 Å². The number of amides is 1. The summed E-state index contributed by atoms with van der Waals surface area (Å²) >= 11 is 0. The first-order valence-electron chi connectivity index (χ1n) is 10.2. The fourth-order valence-electron chi connectivity index (χ4n) is 4.19. The van der Waals surface area contributed by atoms with Crippen LogP contribution < -0.4 is 15.4 Å². The molecule has 1 aliphatic rings. The SMILES string of the molecule is CCC1C(CC(N)=O)c2cc(OCCCP(=O)(O)O)ccc2N1Cc1ccccc1. The van der Waals surface area contributed by atoms with Crippen molar-refractivity contribution in [2.45, 2.75) is 44.7 Å². The van der Waals surface area contributed by atoms with E-state index in [0.717, 1.165) is 24.2 Å². The van der Waals surface area contributed by atoms with Crippen LogP contribution in [-0.2, 0) is 15.9 Å². The molecule has 8 heteroatoms. The first kappa shape index (κ1) is 22.3. The van der Waals surface area contributed by atoms with E-state index in [9.17, 15) is 9.36 Å². The van der Waals surface area contributed by atoms with Crippen molar-refractivity contribution in [1.29, 1.82) is 0 Å². The average molecular weight is 432 g/mol. The van der Waals surface area contributed by atoms with Gasteiger partial charge in [-0.2, -0.15) is 0 Å². The number of nitrogens with zero attached hydrogens (tertiary/aromatic N) is 1. The Hall–Kier alpha value is -2.34. The number of fused-ring (bicyclic) bond motifs is 1. The van der Waals surface area contributed by atoms with Crippen molar-refractivity contribution in [2.24, 2.45) is 5.73 Å². The predicted octanol–water partition coefficient (Wildman–Crippen LogP) is 3.39. The molecule has 4 N–H and O–H groups in total. The quantitative estimate of drug-likeness (QED) is 0.392. The third-order valence-electron chi connectivity index (χ3n) is 5.47. The highest BCUT2D eigenvalue weighted by Crippen LogP contribution is 2.46. The Morgan fingerprint density at radius 2 is 1.93 bits per heavy atom. The van der Waals surface area contributed by atoms with Crippen LogP contribution in [0.3, 0.4) is 0 Å². The van der Waals surface area contributed by atoms with Crippen LogP contribution in [0.2, 0.25) is 0 Å². The highest BCUT2D eigenvalue weighted by Gasteiger charge is 2.38. The van der Waals surface area contributed by atoms with Gasteiger partial charge in [0, 0.05) is 30.6 Å². The van der Waals surface area contributed by atoms with E-state index < -0.39 is 7.60 Å². The molecule has 30 heavy (non-hydrogen) atoms. The Bertz CT molecular complexity index is 915. The summed E-state index contributed by atoms with van der Waals surface area (Å²) in [4.78, 5) is 32.1. The zero-order valence-electron chi connectivity index (χ0n) is 17.1. The van der Waals surface area contributed by atoms with Crippen LogP contribution in [0, 0.1) is 0 Å². The van der Waals surface area contributed by atoms with E-state index in [1.807, 2.05) is 36.4 Å². The lowest BCUT2D eigenvalue weighted by Gasteiger charge is -2.29. The van der Waals surface area contributed by atoms with Crippen molar-refractivity contribution in [3.05, 3.63) is 59.7 Å². The van der Waals surface area contributed by atoms with Crippen LogP contribution in [0.1, 0.15) is 43.2 Å². The maximum Gasteiger partial charge on any atom is 0.325 e. The number of benzene rings is 2. The molecule has 0 bridgehead atoms. The molecule has 2 aromatic carbocycles. The minimum Gasteiger partial charge on any atom is -0.494 e. The van der Waals surface area contributed by atoms with Crippen molar-refractivity contribution in [2.75, 3.05) is 17.7 Å². The molecule has 2 aromatic rings. The van der Waals surface area contributed by atoms with E-state index in [1.54, 1.807) is 0 Å². The van der Waals surface area contributed by atoms with Crippen molar-refractivity contribution < 1.29 is 23.9 Å². The molecule has 0 aromatic heterocycles. The number of nitrogens with two attached hydrogens (primary N) is 1. The molecule has 0 saturated heterocycles. The molecule has 1 heterocycles. The highest BCUT2D eigenvalue weighted by atomic mass is 31.2. The minimum absolute atomic E-state index is 0.0233. The standard InChI is InChI=1S/C22H29N2O5P/c1-2-20-19(14-22(23)25)18-13-17(29-11-6-12-30(26,27)28)9-10-21(18)24(20)15-16-7-4-3-5-8-16/h3-5,7-10,13,19-20H,2,6,11-12,14-15H2,1H3,(H2,23,25)(H2,26,27,28). The van der Waals surface area contributed by atoms with Crippen LogP contribution >= 0.6 is 7.60 Å². The molecule has 162 valence electrons. The summed E-state index contributed by atoms with van der Waals surface area (Å²) in [5.74, 6) is 0.272. The molecule has 3 rings (SSSR count). The van der Waals surface area contributed by atoms with E-state index in [0.29, 0.717) is 5.75 Å². The topological polar surface area (TPSA) is 113 Å². The molecule has 0 fully saturated rings. The van der Waals surface area contributed by atoms with Crippen molar-refractivity contribution >= 4 is 19.2 Å². The number of ether oxygens (including phenoxy) is 1. The van der Waals surface area contributed by atoms with Gasteiger partial charge in [-0.1, -0.05) is 37.3 Å². The molecule has 1 amide bonds. The summed E-state index contributed by atoms with van der Waals surface area (Å²) in [5, 5.41) is 0. The lowest BCUT2D eigenvalue weighted by atomic mass is 9.90. The number of hydrogen-bond acceptors (Lipinski definition) is 4. The van der Waals surface area contributed by atoms with E-state index in [-0.39, 0.29) is 43.5 Å². The van der Waals surface area contributed by atoms with Crippen LogP contribution in [0.15, 0.2) is 48.5 Å². The summed E-state index contributed by atoms with van der Waals surface area (Å²) in [5.41, 5.74) is 8.85. The van der Waals surface area contributed by atoms with E-state index in [4.69, 9.17) is 20.3 Å². The van der Waals surface area contributed by atoms with E-state index in [2.05, 4.69) is 24.0 Å². The fraction of sp³-hybridized carbons (Fsp3) is 0.409. The van der Waals surface area contributed by atoms with Crippen LogP contribution in [0.4, 0.5) is 5.69 Å². The minimum atomic E-state index is -4.02. The monoisotopic (exact) mass is 432 g/mol. The number of carbonyl (C=O) groups excluding carboxylic acids is 1. The normalized spacial score (nSPS) is 18.3. The summed E-state index contributed by atoms with van der Waals surface area (Å²) < 4.78 is 16.7. The predicted molar refractivity (Wildman–Crippen MR) is 117 cm³/mol. The highest BCUT2D eigenvalue weighted by molar-refractivity contribution is 7.51. The number of carbonyl (C=O) groups is 1. The Morgan fingerprint density at radius 3 is 2.57 bits per heavy atom. The van der Waals surface area contributed by atoms with Gasteiger partial charge in [-0.15, -0.1) is 0 Å². The molecular weight excluding hydrogens is 403 g/mol. The van der Waals surface area contributed by atoms with Crippen molar-refractivity contribution in [3.8, 4) is 5.75 Å². The smallest absolute Gasteiger partial charge is 0.325 e. The number of hydrogen-bond donors (Lipinski definition) is 3. The van der Waals surface area contributed by atoms with Gasteiger partial charge >= 0.3 is 7.60 Å². The second-order valence-corrected chi connectivity index (χ2v) is 9.45. The first-order valence-corrected chi connectivity index (χ1v) is 12.0. The van der Waals surface area contributed by atoms with Gasteiger partial charge in [0.1, 0.15) is 5.75 Å².